The molecule has 0 saturated carbocycles. The van der Waals surface area contributed by atoms with Gasteiger partial charge in [-0.05, 0) is 74.9 Å². The van der Waals surface area contributed by atoms with Crippen molar-refractivity contribution >= 4 is 11.9 Å². The van der Waals surface area contributed by atoms with Crippen molar-refractivity contribution < 1.29 is 49.0 Å². The number of rotatable bonds is 21. The first-order valence-corrected chi connectivity index (χ1v) is 19.5. The van der Waals surface area contributed by atoms with Gasteiger partial charge in [-0.1, -0.05) is 66.2 Å². The zero-order chi connectivity index (χ0) is 40.8. The van der Waals surface area contributed by atoms with Crippen molar-refractivity contribution in [2.45, 2.75) is 105 Å². The van der Waals surface area contributed by atoms with Gasteiger partial charge in [-0.25, -0.2) is 24.5 Å². The molecule has 56 heavy (non-hydrogen) atoms. The van der Waals surface area contributed by atoms with Crippen LogP contribution >= 0.6 is 0 Å². The summed E-state index contributed by atoms with van der Waals surface area (Å²) in [6, 6.07) is 12.6. The topological polar surface area (TPSA) is 191 Å². The van der Waals surface area contributed by atoms with Crippen molar-refractivity contribution in [2.75, 3.05) is 13.2 Å². The predicted octanol–water partition coefficient (Wildman–Crippen LogP) is 8.75. The van der Waals surface area contributed by atoms with Gasteiger partial charge in [0.25, 0.3) is 0 Å². The Morgan fingerprint density at radius 3 is 1.29 bits per heavy atom. The van der Waals surface area contributed by atoms with E-state index in [0.29, 0.717) is 13.2 Å². The number of aromatic nitrogens is 3. The Morgan fingerprint density at radius 2 is 0.946 bits per heavy atom. The third-order valence-electron chi connectivity index (χ3n) is 9.58. The minimum atomic E-state index is -0.940. The van der Waals surface area contributed by atoms with Gasteiger partial charge in [0.05, 0.1) is 29.9 Å². The molecule has 0 amide bonds. The molecule has 0 aliphatic heterocycles. The number of nitrogens with zero attached hydrogens (tertiary/aromatic N) is 3. The molecule has 1 heterocycles. The monoisotopic (exact) mass is 773 g/mol. The van der Waals surface area contributed by atoms with Crippen LogP contribution in [0.25, 0.3) is 34.2 Å². The minimum absolute atomic E-state index is 0.0212. The van der Waals surface area contributed by atoms with Gasteiger partial charge in [0.15, 0.2) is 29.7 Å². The smallest absolute Gasteiger partial charge is 0.347 e. The summed E-state index contributed by atoms with van der Waals surface area (Å²) in [7, 11) is 0. The highest BCUT2D eigenvalue weighted by molar-refractivity contribution is 5.77. The van der Waals surface area contributed by atoms with Crippen LogP contribution in [0.15, 0.2) is 54.6 Å². The quantitative estimate of drug-likeness (QED) is 0.0589. The number of carbonyl (C=O) groups is 2. The summed E-state index contributed by atoms with van der Waals surface area (Å²) in [6.45, 7) is 12.1. The maximum Gasteiger partial charge on any atom is 0.347 e. The number of esters is 2. The number of phenols is 4. The fraction of sp³-hybridized carbons (Fsp3) is 0.465. The molecule has 0 saturated heterocycles. The lowest BCUT2D eigenvalue weighted by molar-refractivity contribution is -0.153. The van der Waals surface area contributed by atoms with Crippen LogP contribution < -0.4 is 9.47 Å². The van der Waals surface area contributed by atoms with Gasteiger partial charge in [0, 0.05) is 18.2 Å². The van der Waals surface area contributed by atoms with E-state index in [1.807, 2.05) is 0 Å². The summed E-state index contributed by atoms with van der Waals surface area (Å²) in [6.07, 6.45) is 6.15. The van der Waals surface area contributed by atoms with Gasteiger partial charge < -0.3 is 39.4 Å². The summed E-state index contributed by atoms with van der Waals surface area (Å²) in [5, 5.41) is 42.9. The highest BCUT2D eigenvalue weighted by atomic mass is 16.6. The summed E-state index contributed by atoms with van der Waals surface area (Å²) >= 11 is 0. The average molecular weight is 774 g/mol. The Labute approximate surface area is 328 Å². The normalized spacial score (nSPS) is 13.3. The van der Waals surface area contributed by atoms with Crippen molar-refractivity contribution in [3.63, 3.8) is 0 Å². The van der Waals surface area contributed by atoms with Crippen LogP contribution in [0.2, 0.25) is 0 Å². The first kappa shape index (κ1) is 43.1. The number of ether oxygens (including phenoxy) is 4. The van der Waals surface area contributed by atoms with E-state index in [4.69, 9.17) is 18.9 Å². The lowest BCUT2D eigenvalue weighted by Crippen LogP contribution is -2.28. The SMILES string of the molecule is CCCCC(CC)COC(=O)C(C)Oc1ccc(-c2nc(-c3ccc(O)cc3O)nc(-c3ccc(OC(C)C(=O)OCC(CC)CCCC)cc3O)n2)c(O)c1. The molecule has 0 bridgehead atoms. The third-order valence-corrected chi connectivity index (χ3v) is 9.58. The van der Waals surface area contributed by atoms with E-state index < -0.39 is 24.1 Å². The molecule has 4 rings (SSSR count). The third kappa shape index (κ3) is 12.0. The van der Waals surface area contributed by atoms with Gasteiger partial charge >= 0.3 is 11.9 Å². The van der Waals surface area contributed by atoms with Crippen molar-refractivity contribution in [1.82, 2.24) is 15.0 Å². The molecule has 4 aromatic rings. The van der Waals surface area contributed by atoms with Crippen LogP contribution in [0.5, 0.6) is 34.5 Å². The highest BCUT2D eigenvalue weighted by Gasteiger charge is 2.23. The standard InChI is InChI=1S/C43H55N3O10/c1-7-11-13-28(9-3)24-53-42(51)26(5)55-31-16-19-34(37(49)22-31)40-44-39(33-18-15-30(47)21-36(33)48)45-41(46-40)35-20-17-32(23-38(35)50)56-27(6)43(52)54-25-29(10-4)14-12-8-2/h15-23,26-29,47-50H,7-14,24-25H2,1-6H3. The molecule has 0 aliphatic carbocycles. The van der Waals surface area contributed by atoms with Gasteiger partial charge in [0.1, 0.15) is 34.5 Å². The first-order valence-electron chi connectivity index (χ1n) is 19.5. The number of hydrogen-bond acceptors (Lipinski definition) is 13. The summed E-state index contributed by atoms with van der Waals surface area (Å²) in [5.41, 5.74) is 0.458. The number of benzene rings is 3. The maximum absolute atomic E-state index is 12.7. The Morgan fingerprint density at radius 1 is 0.571 bits per heavy atom. The Kier molecular flexibility index (Phi) is 16.1. The Bertz CT molecular complexity index is 1810. The summed E-state index contributed by atoms with van der Waals surface area (Å²) in [5.74, 6) is -1.20. The zero-order valence-corrected chi connectivity index (χ0v) is 33.2. The predicted molar refractivity (Wildman–Crippen MR) is 212 cm³/mol. The average Bonchev–Trinajstić information content (AvgIpc) is 3.17. The molecular formula is C43H55N3O10. The molecule has 302 valence electrons. The fourth-order valence-corrected chi connectivity index (χ4v) is 5.93. The summed E-state index contributed by atoms with van der Waals surface area (Å²) < 4.78 is 22.6. The van der Waals surface area contributed by atoms with Gasteiger partial charge in [-0.3, -0.25) is 0 Å². The van der Waals surface area contributed by atoms with E-state index >= 15 is 0 Å². The molecule has 0 fully saturated rings. The fourth-order valence-electron chi connectivity index (χ4n) is 5.93. The summed E-state index contributed by atoms with van der Waals surface area (Å²) in [4.78, 5) is 39.0. The van der Waals surface area contributed by atoms with Crippen LogP contribution in [-0.2, 0) is 19.1 Å². The van der Waals surface area contributed by atoms with Crippen LogP contribution in [0.1, 0.15) is 92.9 Å². The van der Waals surface area contributed by atoms with E-state index in [2.05, 4.69) is 42.6 Å². The molecule has 1 aromatic heterocycles. The molecule has 0 spiro atoms. The minimum Gasteiger partial charge on any atom is -0.508 e. The van der Waals surface area contributed by atoms with E-state index in [1.165, 1.54) is 36.4 Å². The van der Waals surface area contributed by atoms with Crippen LogP contribution in [-0.4, -0.2) is 72.7 Å². The van der Waals surface area contributed by atoms with Gasteiger partial charge in [-0.15, -0.1) is 0 Å². The van der Waals surface area contributed by atoms with E-state index in [-0.39, 0.29) is 80.5 Å². The second-order valence-electron chi connectivity index (χ2n) is 14.0. The van der Waals surface area contributed by atoms with Crippen molar-refractivity contribution in [3.05, 3.63) is 54.6 Å². The van der Waals surface area contributed by atoms with Crippen LogP contribution in [0.3, 0.4) is 0 Å². The highest BCUT2D eigenvalue weighted by Crippen LogP contribution is 2.38. The Hall–Kier alpha value is -5.59. The van der Waals surface area contributed by atoms with E-state index in [0.717, 1.165) is 57.4 Å². The van der Waals surface area contributed by atoms with Crippen LogP contribution in [0, 0.1) is 11.8 Å². The molecule has 4 atom stereocenters. The molecule has 4 N–H and O–H groups in total. The van der Waals surface area contributed by atoms with Crippen molar-refractivity contribution in [3.8, 4) is 68.7 Å². The lowest BCUT2D eigenvalue weighted by atomic mass is 10.0. The number of unbranched alkanes of at least 4 members (excludes halogenated alkanes) is 2. The van der Waals surface area contributed by atoms with Crippen molar-refractivity contribution in [1.29, 1.82) is 0 Å². The first-order chi connectivity index (χ1) is 26.9. The van der Waals surface area contributed by atoms with Gasteiger partial charge in [0.2, 0.25) is 0 Å². The second-order valence-corrected chi connectivity index (χ2v) is 14.0. The second kappa shape index (κ2) is 20.9. The largest absolute Gasteiger partial charge is 0.508 e. The molecule has 3 aromatic carbocycles. The van der Waals surface area contributed by atoms with E-state index in [1.54, 1.807) is 26.0 Å². The number of phenolic OH excluding ortho intramolecular Hbond substituents is 4. The molecule has 13 nitrogen and oxygen atoms in total. The Balaban J connectivity index is 1.58. The maximum atomic E-state index is 12.7. The zero-order valence-electron chi connectivity index (χ0n) is 33.2. The van der Waals surface area contributed by atoms with Crippen molar-refractivity contribution in [2.24, 2.45) is 11.8 Å². The number of hydrogen-bond donors (Lipinski definition) is 4. The van der Waals surface area contributed by atoms with E-state index in [9.17, 15) is 30.0 Å². The molecule has 4 unspecified atom stereocenters. The molecule has 0 aliphatic rings. The number of carbonyl (C=O) groups excluding carboxylic acids is 2. The molecular weight excluding hydrogens is 718 g/mol. The number of aromatic hydroxyl groups is 4. The van der Waals surface area contributed by atoms with Gasteiger partial charge in [-0.2, -0.15) is 0 Å². The molecule has 0 radical (unpaired) electrons. The molecule has 13 heteroatoms. The lowest BCUT2D eigenvalue weighted by Gasteiger charge is -2.18. The van der Waals surface area contributed by atoms with Crippen LogP contribution in [0.4, 0.5) is 0 Å².